The molecule has 0 aromatic carbocycles. The first-order valence-corrected chi connectivity index (χ1v) is 5.12. The van der Waals surface area contributed by atoms with Crippen molar-refractivity contribution in [2.45, 2.75) is 46.3 Å². The molecule has 0 saturated carbocycles. The molecule has 0 aliphatic rings. The fourth-order valence-electron chi connectivity index (χ4n) is 1.29. The summed E-state index contributed by atoms with van der Waals surface area (Å²) < 4.78 is 1.39. The number of nitrogens with zero attached hydrogens (tertiary/aromatic N) is 2. The van der Waals surface area contributed by atoms with Gasteiger partial charge in [-0.2, -0.15) is 5.10 Å². The molecule has 1 aromatic rings. The molecule has 0 saturated heterocycles. The molecule has 4 nitrogen and oxygen atoms in total. The first kappa shape index (κ1) is 11.9. The summed E-state index contributed by atoms with van der Waals surface area (Å²) in [6.07, 6.45) is 0. The highest BCUT2D eigenvalue weighted by Gasteiger charge is 2.18. The summed E-state index contributed by atoms with van der Waals surface area (Å²) in [5, 5.41) is 13.4. The van der Waals surface area contributed by atoms with E-state index in [1.165, 1.54) is 4.68 Å². The van der Waals surface area contributed by atoms with E-state index in [0.717, 1.165) is 5.69 Å². The van der Waals surface area contributed by atoms with Crippen molar-refractivity contribution in [2.75, 3.05) is 0 Å². The van der Waals surface area contributed by atoms with Gasteiger partial charge in [0.1, 0.15) is 0 Å². The third kappa shape index (κ3) is 2.45. The quantitative estimate of drug-likeness (QED) is 0.794. The van der Waals surface area contributed by atoms with E-state index in [2.05, 4.69) is 5.10 Å². The van der Waals surface area contributed by atoms with Crippen molar-refractivity contribution in [3.8, 4) is 0 Å². The number of aryl methyl sites for hydroxylation is 1. The molecule has 1 rings (SSSR count). The highest BCUT2D eigenvalue weighted by Crippen LogP contribution is 2.19. The number of aliphatic hydroxyl groups is 1. The van der Waals surface area contributed by atoms with E-state index < -0.39 is 0 Å². The molecule has 84 valence electrons. The number of aromatic nitrogens is 2. The van der Waals surface area contributed by atoms with Gasteiger partial charge in [-0.1, -0.05) is 20.8 Å². The fourth-order valence-corrected chi connectivity index (χ4v) is 1.29. The van der Waals surface area contributed by atoms with Crippen LogP contribution in [0.5, 0.6) is 0 Å². The molecule has 0 amide bonds. The zero-order valence-electron chi connectivity index (χ0n) is 9.74. The second-order valence-electron chi connectivity index (χ2n) is 4.58. The van der Waals surface area contributed by atoms with Crippen LogP contribution in [-0.4, -0.2) is 14.9 Å². The Morgan fingerprint density at radius 2 is 2.07 bits per heavy atom. The Morgan fingerprint density at radius 3 is 2.47 bits per heavy atom. The summed E-state index contributed by atoms with van der Waals surface area (Å²) in [6.45, 7) is 8.24. The first-order chi connectivity index (χ1) is 6.90. The molecule has 0 atom stereocenters. The summed E-state index contributed by atoms with van der Waals surface area (Å²) >= 11 is 0. The highest BCUT2D eigenvalue weighted by molar-refractivity contribution is 5.18. The van der Waals surface area contributed by atoms with Crippen LogP contribution in [0.4, 0.5) is 0 Å². The normalized spacial score (nSPS) is 11.8. The lowest BCUT2D eigenvalue weighted by molar-refractivity contribution is 0.277. The van der Waals surface area contributed by atoms with Crippen LogP contribution in [0.15, 0.2) is 10.9 Å². The third-order valence-electron chi connectivity index (χ3n) is 2.29. The molecular weight excluding hydrogens is 192 g/mol. The molecule has 15 heavy (non-hydrogen) atoms. The Balaban J connectivity index is 3.40. The maximum atomic E-state index is 11.7. The van der Waals surface area contributed by atoms with Crippen LogP contribution in [0.1, 0.15) is 39.0 Å². The topological polar surface area (TPSA) is 55.1 Å². The molecule has 0 fully saturated rings. The SMILES string of the molecule is CCn1nc(C(C)(C)C)cc(CO)c1=O. The van der Waals surface area contributed by atoms with Gasteiger partial charge in [0.25, 0.3) is 5.56 Å². The molecular formula is C11H18N2O2. The zero-order valence-corrected chi connectivity index (χ0v) is 9.74. The maximum Gasteiger partial charge on any atom is 0.272 e. The van der Waals surface area contributed by atoms with Crippen LogP contribution in [-0.2, 0) is 18.6 Å². The third-order valence-corrected chi connectivity index (χ3v) is 2.29. The van der Waals surface area contributed by atoms with Crippen molar-refractivity contribution >= 4 is 0 Å². The van der Waals surface area contributed by atoms with Gasteiger partial charge in [0.2, 0.25) is 0 Å². The Morgan fingerprint density at radius 1 is 1.47 bits per heavy atom. The fraction of sp³-hybridized carbons (Fsp3) is 0.636. The van der Waals surface area contributed by atoms with E-state index in [1.54, 1.807) is 6.07 Å². The Kier molecular flexibility index (Phi) is 3.29. The predicted molar refractivity (Wildman–Crippen MR) is 58.8 cm³/mol. The van der Waals surface area contributed by atoms with Gasteiger partial charge >= 0.3 is 0 Å². The maximum absolute atomic E-state index is 11.7. The summed E-state index contributed by atoms with van der Waals surface area (Å²) in [7, 11) is 0. The lowest BCUT2D eigenvalue weighted by Gasteiger charge is -2.19. The highest BCUT2D eigenvalue weighted by atomic mass is 16.3. The predicted octanol–water partition coefficient (Wildman–Crippen LogP) is 1.05. The molecule has 0 spiro atoms. The average Bonchev–Trinajstić information content (AvgIpc) is 2.16. The molecule has 1 N–H and O–H groups in total. The smallest absolute Gasteiger partial charge is 0.272 e. The van der Waals surface area contributed by atoms with Crippen molar-refractivity contribution in [2.24, 2.45) is 0 Å². The van der Waals surface area contributed by atoms with Gasteiger partial charge in [-0.3, -0.25) is 4.79 Å². The molecule has 1 aromatic heterocycles. The number of hydrogen-bond acceptors (Lipinski definition) is 3. The van der Waals surface area contributed by atoms with E-state index in [4.69, 9.17) is 5.11 Å². The Bertz CT molecular complexity index is 374. The number of aliphatic hydroxyl groups excluding tert-OH is 1. The summed E-state index contributed by atoms with van der Waals surface area (Å²) in [5.74, 6) is 0. The van der Waals surface area contributed by atoms with Gasteiger partial charge in [0, 0.05) is 17.5 Å². The van der Waals surface area contributed by atoms with Gasteiger partial charge in [0.05, 0.1) is 12.3 Å². The van der Waals surface area contributed by atoms with Gasteiger partial charge in [-0.15, -0.1) is 0 Å². The summed E-state index contributed by atoms with van der Waals surface area (Å²) in [6, 6.07) is 1.69. The molecule has 0 bridgehead atoms. The number of rotatable bonds is 2. The van der Waals surface area contributed by atoms with Crippen molar-refractivity contribution in [3.63, 3.8) is 0 Å². The lowest BCUT2D eigenvalue weighted by Crippen LogP contribution is -2.29. The summed E-state index contributed by atoms with van der Waals surface area (Å²) in [4.78, 5) is 11.7. The van der Waals surface area contributed by atoms with E-state index in [9.17, 15) is 4.79 Å². The lowest BCUT2D eigenvalue weighted by atomic mass is 9.91. The van der Waals surface area contributed by atoms with Gasteiger partial charge in [0.15, 0.2) is 0 Å². The minimum absolute atomic E-state index is 0.117. The van der Waals surface area contributed by atoms with Crippen molar-refractivity contribution < 1.29 is 5.11 Å². The van der Waals surface area contributed by atoms with Crippen LogP contribution in [0.3, 0.4) is 0 Å². The molecule has 0 radical (unpaired) electrons. The monoisotopic (exact) mass is 210 g/mol. The first-order valence-electron chi connectivity index (χ1n) is 5.12. The zero-order chi connectivity index (χ0) is 11.6. The van der Waals surface area contributed by atoms with E-state index in [1.807, 2.05) is 27.7 Å². The van der Waals surface area contributed by atoms with E-state index in [0.29, 0.717) is 12.1 Å². The minimum atomic E-state index is -0.232. The van der Waals surface area contributed by atoms with Crippen LogP contribution in [0.25, 0.3) is 0 Å². The number of hydrogen-bond donors (Lipinski definition) is 1. The standard InChI is InChI=1S/C11H18N2O2/c1-5-13-10(15)8(7-14)6-9(12-13)11(2,3)4/h6,14H,5,7H2,1-4H3. The summed E-state index contributed by atoms with van der Waals surface area (Å²) in [5.41, 5.74) is 0.923. The van der Waals surface area contributed by atoms with Crippen LogP contribution < -0.4 is 5.56 Å². The van der Waals surface area contributed by atoms with Crippen LogP contribution in [0, 0.1) is 0 Å². The Labute approximate surface area is 89.6 Å². The van der Waals surface area contributed by atoms with Crippen molar-refractivity contribution in [1.29, 1.82) is 0 Å². The molecule has 1 heterocycles. The van der Waals surface area contributed by atoms with Crippen molar-refractivity contribution in [1.82, 2.24) is 9.78 Å². The van der Waals surface area contributed by atoms with Crippen molar-refractivity contribution in [3.05, 3.63) is 27.7 Å². The van der Waals surface area contributed by atoms with Crippen LogP contribution >= 0.6 is 0 Å². The van der Waals surface area contributed by atoms with Gasteiger partial charge < -0.3 is 5.11 Å². The average molecular weight is 210 g/mol. The molecule has 4 heteroatoms. The second kappa shape index (κ2) is 4.14. The molecule has 0 aliphatic heterocycles. The Hall–Kier alpha value is -1.16. The van der Waals surface area contributed by atoms with E-state index >= 15 is 0 Å². The largest absolute Gasteiger partial charge is 0.391 e. The second-order valence-corrected chi connectivity index (χ2v) is 4.58. The van der Waals surface area contributed by atoms with E-state index in [-0.39, 0.29) is 17.6 Å². The van der Waals surface area contributed by atoms with Crippen LogP contribution in [0.2, 0.25) is 0 Å². The minimum Gasteiger partial charge on any atom is -0.391 e. The van der Waals surface area contributed by atoms with Gasteiger partial charge in [-0.05, 0) is 13.0 Å². The molecule has 0 aliphatic carbocycles. The molecule has 0 unspecified atom stereocenters. The van der Waals surface area contributed by atoms with Gasteiger partial charge in [-0.25, -0.2) is 4.68 Å².